The van der Waals surface area contributed by atoms with E-state index in [1.807, 2.05) is 49.9 Å². The molecule has 0 aromatic heterocycles. The van der Waals surface area contributed by atoms with Crippen LogP contribution < -0.4 is 4.74 Å². The van der Waals surface area contributed by atoms with Gasteiger partial charge in [0.1, 0.15) is 11.4 Å². The summed E-state index contributed by atoms with van der Waals surface area (Å²) in [6.45, 7) is 8.66. The minimum Gasteiger partial charge on any atom is -0.491 e. The number of aliphatic hydroxyl groups is 1. The van der Waals surface area contributed by atoms with Crippen molar-refractivity contribution in [2.24, 2.45) is 5.92 Å². The van der Waals surface area contributed by atoms with E-state index in [0.717, 1.165) is 18.6 Å². The van der Waals surface area contributed by atoms with Crippen LogP contribution >= 0.6 is 0 Å². The van der Waals surface area contributed by atoms with Gasteiger partial charge in [-0.05, 0) is 63.6 Å². The van der Waals surface area contributed by atoms with Crippen LogP contribution in [0.1, 0.15) is 45.6 Å². The second-order valence-electron chi connectivity index (χ2n) is 8.36. The molecule has 2 aliphatic rings. The van der Waals surface area contributed by atoms with Gasteiger partial charge in [0.05, 0.1) is 11.7 Å². The Kier molecular flexibility index (Phi) is 8.09. The molecule has 170 valence electrons. The molecule has 3 rings (SSSR count). The van der Waals surface area contributed by atoms with E-state index in [9.17, 15) is 14.7 Å². The smallest absolute Gasteiger partial charge is 0.277 e. The van der Waals surface area contributed by atoms with Crippen LogP contribution in [0.5, 0.6) is 5.75 Å². The Bertz CT molecular complexity index is 803. The highest BCUT2D eigenvalue weighted by molar-refractivity contribution is 6.35. The second kappa shape index (κ2) is 10.8. The number of amides is 2. The molecule has 0 saturated carbocycles. The van der Waals surface area contributed by atoms with Crippen LogP contribution in [0.2, 0.25) is 0 Å². The maximum Gasteiger partial charge on any atom is 0.277 e. The molecular formula is C24H34N2O5. The molecular weight excluding hydrogens is 396 g/mol. The highest BCUT2D eigenvalue weighted by Crippen LogP contribution is 2.34. The van der Waals surface area contributed by atoms with Gasteiger partial charge in [0.25, 0.3) is 11.8 Å². The molecule has 0 spiro atoms. The zero-order valence-corrected chi connectivity index (χ0v) is 18.8. The molecule has 1 aromatic carbocycles. The van der Waals surface area contributed by atoms with Crippen molar-refractivity contribution < 1.29 is 24.2 Å². The van der Waals surface area contributed by atoms with Crippen molar-refractivity contribution in [2.75, 3.05) is 39.5 Å². The summed E-state index contributed by atoms with van der Waals surface area (Å²) in [6.07, 6.45) is 2.47. The molecule has 1 saturated heterocycles. The summed E-state index contributed by atoms with van der Waals surface area (Å²) < 4.78 is 11.1. The summed E-state index contributed by atoms with van der Waals surface area (Å²) >= 11 is 0. The molecule has 1 unspecified atom stereocenters. The van der Waals surface area contributed by atoms with Crippen molar-refractivity contribution in [1.82, 2.24) is 9.80 Å². The van der Waals surface area contributed by atoms with Crippen LogP contribution in [0.15, 0.2) is 30.0 Å². The maximum absolute atomic E-state index is 13.3. The normalized spacial score (nSPS) is 19.7. The first kappa shape index (κ1) is 23.3. The van der Waals surface area contributed by atoms with Crippen molar-refractivity contribution in [3.8, 4) is 5.75 Å². The maximum atomic E-state index is 13.3. The van der Waals surface area contributed by atoms with E-state index >= 15 is 0 Å². The Morgan fingerprint density at radius 3 is 2.55 bits per heavy atom. The van der Waals surface area contributed by atoms with Crippen molar-refractivity contribution in [1.29, 1.82) is 0 Å². The Labute approximate surface area is 184 Å². The Morgan fingerprint density at radius 1 is 1.16 bits per heavy atom. The molecule has 2 amide bonds. The summed E-state index contributed by atoms with van der Waals surface area (Å²) in [5.41, 5.74) is 1.61. The minimum absolute atomic E-state index is 0.0555. The van der Waals surface area contributed by atoms with Gasteiger partial charge in [-0.1, -0.05) is 12.1 Å². The number of benzene rings is 1. The first-order chi connectivity index (χ1) is 15.0. The molecule has 7 nitrogen and oxygen atoms in total. The zero-order chi connectivity index (χ0) is 22.4. The molecule has 31 heavy (non-hydrogen) atoms. The Balaban J connectivity index is 1.91. The highest BCUT2D eigenvalue weighted by atomic mass is 16.5. The lowest BCUT2D eigenvalue weighted by Crippen LogP contribution is -2.40. The largest absolute Gasteiger partial charge is 0.491 e. The van der Waals surface area contributed by atoms with Gasteiger partial charge in [-0.15, -0.1) is 0 Å². The Morgan fingerprint density at radius 2 is 1.90 bits per heavy atom. The van der Waals surface area contributed by atoms with Crippen LogP contribution in [-0.2, 0) is 14.3 Å². The quantitative estimate of drug-likeness (QED) is 0.454. The third kappa shape index (κ3) is 5.46. The van der Waals surface area contributed by atoms with Gasteiger partial charge in [0.15, 0.2) is 0 Å². The van der Waals surface area contributed by atoms with Gasteiger partial charge in [0.2, 0.25) is 0 Å². The van der Waals surface area contributed by atoms with E-state index in [2.05, 4.69) is 0 Å². The number of carbonyl (C=O) groups is 2. The highest BCUT2D eigenvalue weighted by Gasteiger charge is 2.42. The third-order valence-electron chi connectivity index (χ3n) is 5.63. The summed E-state index contributed by atoms with van der Waals surface area (Å²) in [7, 11) is 0. The average Bonchev–Trinajstić information content (AvgIpc) is 3.01. The van der Waals surface area contributed by atoms with Crippen molar-refractivity contribution in [2.45, 2.75) is 46.1 Å². The summed E-state index contributed by atoms with van der Waals surface area (Å²) in [6, 6.07) is 7.36. The number of rotatable bonds is 10. The lowest BCUT2D eigenvalue weighted by atomic mass is 9.97. The molecule has 1 fully saturated rings. The van der Waals surface area contributed by atoms with Gasteiger partial charge in [-0.25, -0.2) is 0 Å². The van der Waals surface area contributed by atoms with E-state index in [1.54, 1.807) is 0 Å². The van der Waals surface area contributed by atoms with Crippen LogP contribution in [0.4, 0.5) is 0 Å². The number of hydrogen-bond donors (Lipinski definition) is 1. The fraction of sp³-hybridized carbons (Fsp3) is 0.583. The van der Waals surface area contributed by atoms with Gasteiger partial charge in [-0.3, -0.25) is 14.5 Å². The van der Waals surface area contributed by atoms with Crippen molar-refractivity contribution in [3.05, 3.63) is 35.5 Å². The molecule has 1 aromatic rings. The average molecular weight is 431 g/mol. The van der Waals surface area contributed by atoms with Gasteiger partial charge in [-0.2, -0.15) is 0 Å². The molecule has 1 atom stereocenters. The third-order valence-corrected chi connectivity index (χ3v) is 5.63. The second-order valence-corrected chi connectivity index (χ2v) is 8.36. The Hall–Kier alpha value is -2.38. The lowest BCUT2D eigenvalue weighted by molar-refractivity contribution is -0.137. The predicted octanol–water partition coefficient (Wildman–Crippen LogP) is 2.68. The topological polar surface area (TPSA) is 79.3 Å². The first-order valence-corrected chi connectivity index (χ1v) is 11.3. The molecule has 0 radical (unpaired) electrons. The number of aliphatic hydroxyl groups excluding tert-OH is 1. The molecule has 2 heterocycles. The summed E-state index contributed by atoms with van der Waals surface area (Å²) in [4.78, 5) is 30.0. The molecule has 0 bridgehead atoms. The number of hydrogen-bond acceptors (Lipinski definition) is 6. The van der Waals surface area contributed by atoms with Crippen molar-refractivity contribution in [3.63, 3.8) is 0 Å². The fourth-order valence-corrected chi connectivity index (χ4v) is 4.18. The monoisotopic (exact) mass is 430 g/mol. The van der Waals surface area contributed by atoms with Gasteiger partial charge >= 0.3 is 0 Å². The standard InChI is InChI=1S/C24H34N2O5/c1-4-30-14-6-13-26-23(28)21(19-8-10-20(11-9-19)31-17(2)3)22(24(26)29)25-12-5-7-18(15-25)16-27/h8-11,17-18,27H,4-7,12-16H2,1-3H3. The first-order valence-electron chi connectivity index (χ1n) is 11.3. The number of nitrogens with zero attached hydrogens (tertiary/aromatic N) is 2. The van der Waals surface area contributed by atoms with Crippen LogP contribution in [-0.4, -0.2) is 72.3 Å². The molecule has 7 heteroatoms. The van der Waals surface area contributed by atoms with Crippen LogP contribution in [0.3, 0.4) is 0 Å². The lowest BCUT2D eigenvalue weighted by Gasteiger charge is -2.34. The van der Waals surface area contributed by atoms with E-state index in [1.165, 1.54) is 4.90 Å². The summed E-state index contributed by atoms with van der Waals surface area (Å²) in [5, 5.41) is 9.64. The zero-order valence-electron chi connectivity index (χ0n) is 18.8. The van der Waals surface area contributed by atoms with Crippen molar-refractivity contribution >= 4 is 17.4 Å². The van der Waals surface area contributed by atoms with E-state index in [4.69, 9.17) is 9.47 Å². The number of carbonyl (C=O) groups excluding carboxylic acids is 2. The van der Waals surface area contributed by atoms with Gasteiger partial charge in [0, 0.05) is 39.5 Å². The minimum atomic E-state index is -0.264. The van der Waals surface area contributed by atoms with E-state index in [-0.39, 0.29) is 30.4 Å². The SMILES string of the molecule is CCOCCCN1C(=O)C(c2ccc(OC(C)C)cc2)=C(N2CCCC(CO)C2)C1=O. The molecule has 2 aliphatic heterocycles. The number of imide groups is 1. The fourth-order valence-electron chi connectivity index (χ4n) is 4.18. The van der Waals surface area contributed by atoms with Crippen LogP contribution in [0.25, 0.3) is 5.57 Å². The molecule has 1 N–H and O–H groups in total. The summed E-state index contributed by atoms with van der Waals surface area (Å²) in [5.74, 6) is 0.321. The number of likely N-dealkylation sites (tertiary alicyclic amines) is 1. The van der Waals surface area contributed by atoms with Gasteiger partial charge < -0.3 is 19.5 Å². The van der Waals surface area contributed by atoms with E-state index < -0.39 is 0 Å². The number of ether oxygens (including phenoxy) is 2. The molecule has 0 aliphatic carbocycles. The van der Waals surface area contributed by atoms with E-state index in [0.29, 0.717) is 56.1 Å². The predicted molar refractivity (Wildman–Crippen MR) is 118 cm³/mol. The van der Waals surface area contributed by atoms with Crippen LogP contribution in [0, 0.1) is 5.92 Å². The number of piperidine rings is 1.